The number of rotatable bonds is 6. The molecule has 6 N–H and O–H groups in total. The molecule has 1 aliphatic heterocycles. The zero-order valence-electron chi connectivity index (χ0n) is 17.8. The zero-order chi connectivity index (χ0) is 21.6. The van der Waals surface area contributed by atoms with Gasteiger partial charge in [0.05, 0.1) is 34.3 Å². The van der Waals surface area contributed by atoms with Gasteiger partial charge >= 0.3 is 0 Å². The van der Waals surface area contributed by atoms with Gasteiger partial charge in [0.15, 0.2) is 0 Å². The van der Waals surface area contributed by atoms with Crippen molar-refractivity contribution in [3.05, 3.63) is 34.8 Å². The van der Waals surface area contributed by atoms with Gasteiger partial charge in [0.25, 0.3) is 0 Å². The second-order valence-corrected chi connectivity index (χ2v) is 8.88. The van der Waals surface area contributed by atoms with Gasteiger partial charge in [-0.15, -0.1) is 0 Å². The number of benzene rings is 1. The highest BCUT2D eigenvalue weighted by Gasteiger charge is 2.46. The quantitative estimate of drug-likeness (QED) is 0.316. The van der Waals surface area contributed by atoms with Gasteiger partial charge in [-0.2, -0.15) is 0 Å². The Morgan fingerprint density at radius 3 is 2.73 bits per heavy atom. The van der Waals surface area contributed by atoms with Crippen LogP contribution in [0.25, 0.3) is 16.7 Å². The highest BCUT2D eigenvalue weighted by molar-refractivity contribution is 7.78. The molecule has 7 nitrogen and oxygen atoms in total. The standard InChI is InChI=1S/C22H28N6OS/c1-11-19(13(3)29-27-11)14-6-17(21(24)18(23)7-14)20-12(2)26-28-22(20,4)8-15-5-16(15)9-25-10-30/h6-7,15-16,26,28H,5,8-9,23-24H2,1-4H3. The fraction of sp³-hybridized carbons (Fsp3) is 0.455. The molecule has 0 spiro atoms. The molecular formula is C22H28N6OS. The number of hydrogen-bond donors (Lipinski definition) is 4. The minimum absolute atomic E-state index is 0.275. The number of hydrogen-bond acceptors (Lipinski definition) is 8. The molecule has 0 amide bonds. The molecule has 1 aliphatic carbocycles. The van der Waals surface area contributed by atoms with E-state index in [2.05, 4.69) is 46.1 Å². The van der Waals surface area contributed by atoms with Crippen molar-refractivity contribution < 1.29 is 4.52 Å². The lowest BCUT2D eigenvalue weighted by Gasteiger charge is -2.29. The number of nitrogen functional groups attached to an aromatic ring is 2. The van der Waals surface area contributed by atoms with Crippen molar-refractivity contribution in [2.45, 2.75) is 46.1 Å². The summed E-state index contributed by atoms with van der Waals surface area (Å²) < 4.78 is 5.37. The fourth-order valence-corrected chi connectivity index (χ4v) is 4.88. The zero-order valence-corrected chi connectivity index (χ0v) is 18.6. The number of thiocarbonyl (C=S) groups is 1. The number of isothiocyanates is 1. The van der Waals surface area contributed by atoms with Crippen molar-refractivity contribution in [2.24, 2.45) is 16.8 Å². The first kappa shape index (κ1) is 20.6. The van der Waals surface area contributed by atoms with E-state index in [0.29, 0.717) is 23.2 Å². The summed E-state index contributed by atoms with van der Waals surface area (Å²) in [5.41, 5.74) is 26.4. The average Bonchev–Trinajstić information content (AvgIpc) is 3.24. The second kappa shape index (κ2) is 7.54. The van der Waals surface area contributed by atoms with Crippen molar-refractivity contribution in [1.82, 2.24) is 16.0 Å². The summed E-state index contributed by atoms with van der Waals surface area (Å²) in [7, 11) is 0. The van der Waals surface area contributed by atoms with E-state index in [-0.39, 0.29) is 5.54 Å². The summed E-state index contributed by atoms with van der Waals surface area (Å²) in [6.45, 7) is 8.87. The van der Waals surface area contributed by atoms with Crippen LogP contribution in [0.15, 0.2) is 27.3 Å². The van der Waals surface area contributed by atoms with E-state index in [4.69, 9.17) is 28.2 Å². The van der Waals surface area contributed by atoms with Crippen LogP contribution in [-0.2, 0) is 0 Å². The summed E-state index contributed by atoms with van der Waals surface area (Å²) >= 11 is 4.71. The van der Waals surface area contributed by atoms with Crippen molar-refractivity contribution in [1.29, 1.82) is 0 Å². The molecule has 30 heavy (non-hydrogen) atoms. The molecule has 4 rings (SSSR count). The molecule has 3 unspecified atom stereocenters. The maximum atomic E-state index is 6.49. The van der Waals surface area contributed by atoms with Crippen LogP contribution >= 0.6 is 12.2 Å². The van der Waals surface area contributed by atoms with Crippen molar-refractivity contribution in [3.63, 3.8) is 0 Å². The lowest BCUT2D eigenvalue weighted by atomic mass is 9.81. The van der Waals surface area contributed by atoms with Crippen molar-refractivity contribution >= 4 is 34.3 Å². The van der Waals surface area contributed by atoms with Crippen molar-refractivity contribution in [3.8, 4) is 11.1 Å². The van der Waals surface area contributed by atoms with Crippen LogP contribution in [0.1, 0.15) is 43.7 Å². The Hall–Kier alpha value is -2.67. The first-order chi connectivity index (χ1) is 14.2. The van der Waals surface area contributed by atoms with Gasteiger partial charge in [-0.05, 0) is 82.3 Å². The number of aromatic nitrogens is 1. The number of anilines is 2. The number of aryl methyl sites for hydroxylation is 2. The second-order valence-electron chi connectivity index (χ2n) is 8.70. The van der Waals surface area contributed by atoms with E-state index in [1.54, 1.807) is 0 Å². The predicted octanol–water partition coefficient (Wildman–Crippen LogP) is 3.85. The Kier molecular flexibility index (Phi) is 5.18. The molecular weight excluding hydrogens is 396 g/mol. The Labute approximate surface area is 182 Å². The smallest absolute Gasteiger partial charge is 0.141 e. The third kappa shape index (κ3) is 3.51. The summed E-state index contributed by atoms with van der Waals surface area (Å²) in [5, 5.41) is 6.57. The molecule has 8 heteroatoms. The molecule has 158 valence electrons. The molecule has 1 fully saturated rings. The minimum atomic E-state index is -0.275. The maximum Gasteiger partial charge on any atom is 0.141 e. The summed E-state index contributed by atoms with van der Waals surface area (Å²) in [6, 6.07) is 4.00. The van der Waals surface area contributed by atoms with E-state index in [0.717, 1.165) is 58.8 Å². The van der Waals surface area contributed by atoms with E-state index in [9.17, 15) is 0 Å². The van der Waals surface area contributed by atoms with Crippen molar-refractivity contribution in [2.75, 3.05) is 18.0 Å². The number of nitrogens with zero attached hydrogens (tertiary/aromatic N) is 2. The molecule has 2 aromatic rings. The SMILES string of the molecule is CC1=C(c2cc(-c3c(C)noc3C)cc(N)c2N)C(C)(CC2CC2CN=C=S)NN1. The molecule has 0 bridgehead atoms. The molecule has 3 atom stereocenters. The highest BCUT2D eigenvalue weighted by Crippen LogP contribution is 2.50. The predicted molar refractivity (Wildman–Crippen MR) is 124 cm³/mol. The normalized spacial score (nSPS) is 25.2. The number of allylic oxidation sites excluding steroid dienone is 1. The summed E-state index contributed by atoms with van der Waals surface area (Å²) in [5.74, 6) is 1.91. The largest absolute Gasteiger partial charge is 0.397 e. The summed E-state index contributed by atoms with van der Waals surface area (Å²) in [6.07, 6.45) is 2.13. The molecule has 1 aromatic heterocycles. The molecule has 0 radical (unpaired) electrons. The molecule has 2 heterocycles. The van der Waals surface area contributed by atoms with Crippen LogP contribution in [0, 0.1) is 25.7 Å². The van der Waals surface area contributed by atoms with Gasteiger partial charge in [0.2, 0.25) is 0 Å². The Morgan fingerprint density at radius 1 is 1.30 bits per heavy atom. The van der Waals surface area contributed by atoms with E-state index in [1.807, 2.05) is 19.9 Å². The monoisotopic (exact) mass is 424 g/mol. The lowest BCUT2D eigenvalue weighted by molar-refractivity contribution is 0.386. The van der Waals surface area contributed by atoms with Crippen LogP contribution in [0.4, 0.5) is 11.4 Å². The van der Waals surface area contributed by atoms with Crippen LogP contribution in [-0.4, -0.2) is 22.4 Å². The van der Waals surface area contributed by atoms with E-state index >= 15 is 0 Å². The number of nitrogens with one attached hydrogen (secondary N) is 2. The van der Waals surface area contributed by atoms with Gasteiger partial charge in [-0.3, -0.25) is 0 Å². The van der Waals surface area contributed by atoms with Crippen LogP contribution in [0.2, 0.25) is 0 Å². The third-order valence-corrected chi connectivity index (χ3v) is 6.51. The Bertz CT molecular complexity index is 1060. The van der Waals surface area contributed by atoms with Gasteiger partial charge < -0.3 is 21.4 Å². The number of nitrogens with two attached hydrogens (primary N) is 2. The first-order valence-electron chi connectivity index (χ1n) is 10.2. The fourth-order valence-electron chi connectivity index (χ4n) is 4.81. The molecule has 1 aromatic carbocycles. The van der Waals surface area contributed by atoms with Gasteiger partial charge in [0, 0.05) is 22.4 Å². The topological polar surface area (TPSA) is 114 Å². The number of aliphatic imine (C=N–C) groups is 1. The van der Waals surface area contributed by atoms with Crippen LogP contribution in [0.5, 0.6) is 0 Å². The first-order valence-corrected chi connectivity index (χ1v) is 10.6. The van der Waals surface area contributed by atoms with Gasteiger partial charge in [-0.1, -0.05) is 5.16 Å². The molecule has 0 saturated heterocycles. The van der Waals surface area contributed by atoms with E-state index in [1.165, 1.54) is 0 Å². The number of hydrazine groups is 1. The maximum absolute atomic E-state index is 6.49. The molecule has 1 saturated carbocycles. The Morgan fingerprint density at radius 2 is 2.07 bits per heavy atom. The lowest BCUT2D eigenvalue weighted by Crippen LogP contribution is -2.44. The molecule has 2 aliphatic rings. The van der Waals surface area contributed by atoms with Crippen LogP contribution < -0.4 is 22.3 Å². The Balaban J connectivity index is 1.73. The highest BCUT2D eigenvalue weighted by atomic mass is 32.1. The van der Waals surface area contributed by atoms with E-state index < -0.39 is 0 Å². The minimum Gasteiger partial charge on any atom is -0.397 e. The summed E-state index contributed by atoms with van der Waals surface area (Å²) in [4.78, 5) is 4.12. The average molecular weight is 425 g/mol. The van der Waals surface area contributed by atoms with Gasteiger partial charge in [-0.25, -0.2) is 10.4 Å². The third-order valence-electron chi connectivity index (χ3n) is 6.39. The van der Waals surface area contributed by atoms with Gasteiger partial charge in [0.1, 0.15) is 5.76 Å². The van der Waals surface area contributed by atoms with Crippen LogP contribution in [0.3, 0.4) is 0 Å².